The third kappa shape index (κ3) is 3.38. The number of hydrogen-bond donors (Lipinski definition) is 0. The number of carbonyl (C=O) groups excluding carboxylic acids is 4. The first kappa shape index (κ1) is 23.2. The number of benzene rings is 2. The van der Waals surface area contributed by atoms with E-state index in [1.165, 1.54) is 11.8 Å². The molecule has 3 aliphatic rings. The number of amides is 2. The van der Waals surface area contributed by atoms with Gasteiger partial charge in [0.25, 0.3) is 0 Å². The van der Waals surface area contributed by atoms with Gasteiger partial charge in [-0.1, -0.05) is 38.5 Å². The summed E-state index contributed by atoms with van der Waals surface area (Å²) >= 11 is 0. The van der Waals surface area contributed by atoms with E-state index in [1.54, 1.807) is 24.3 Å². The number of fused-ring (bicyclic) bond motifs is 5. The van der Waals surface area contributed by atoms with Crippen LogP contribution in [0.15, 0.2) is 48.5 Å². The Hall–Kier alpha value is -3.54. The molecule has 0 saturated carbocycles. The third-order valence-electron chi connectivity index (χ3n) is 7.54. The molecule has 0 radical (unpaired) electrons. The summed E-state index contributed by atoms with van der Waals surface area (Å²) in [6, 6.07) is 11.5. The fourth-order valence-electron chi connectivity index (χ4n) is 5.80. The van der Waals surface area contributed by atoms with Crippen LogP contribution in [0.2, 0.25) is 0 Å². The molecular weight excluding hydrogens is 440 g/mol. The van der Waals surface area contributed by atoms with Gasteiger partial charge >= 0.3 is 0 Å². The van der Waals surface area contributed by atoms with E-state index in [9.17, 15) is 19.2 Å². The van der Waals surface area contributed by atoms with Crippen LogP contribution < -0.4 is 9.80 Å². The summed E-state index contributed by atoms with van der Waals surface area (Å²) in [6.45, 7) is 11.1. The molecule has 2 amide bonds. The zero-order chi connectivity index (χ0) is 25.4. The summed E-state index contributed by atoms with van der Waals surface area (Å²) in [5.41, 5.74) is 4.33. The van der Waals surface area contributed by atoms with E-state index >= 15 is 0 Å². The minimum absolute atomic E-state index is 0.0515. The molecule has 0 bridgehead atoms. The van der Waals surface area contributed by atoms with Crippen LogP contribution in [0, 0.1) is 24.2 Å². The molecule has 6 nitrogen and oxygen atoms in total. The predicted octanol–water partition coefficient (Wildman–Crippen LogP) is 4.59. The quantitative estimate of drug-likeness (QED) is 0.484. The lowest BCUT2D eigenvalue weighted by Gasteiger charge is -2.39. The number of ketones is 2. The fourth-order valence-corrected chi connectivity index (χ4v) is 5.80. The summed E-state index contributed by atoms with van der Waals surface area (Å²) in [6.07, 6.45) is 2.04. The van der Waals surface area contributed by atoms with E-state index in [2.05, 4.69) is 6.07 Å². The molecule has 180 valence electrons. The Morgan fingerprint density at radius 2 is 1.51 bits per heavy atom. The Balaban J connectivity index is 1.65. The van der Waals surface area contributed by atoms with Gasteiger partial charge in [0.1, 0.15) is 6.04 Å². The van der Waals surface area contributed by atoms with Crippen LogP contribution in [0.4, 0.5) is 11.4 Å². The summed E-state index contributed by atoms with van der Waals surface area (Å²) in [4.78, 5) is 56.5. The van der Waals surface area contributed by atoms with E-state index in [1.807, 2.05) is 57.7 Å². The number of carbonyl (C=O) groups is 4. The number of aryl methyl sites for hydroxylation is 1. The second-order valence-electron chi connectivity index (χ2n) is 11.0. The SMILES string of the molecule is CC(=O)c1ccc(N2C(=O)[C@@H]3[C@H](C2=O)[C@@H](C(=O)C(C)(C)C)N2c4ccc(C)cc4C(C)=C[C@H]32)cc1. The lowest BCUT2D eigenvalue weighted by atomic mass is 9.79. The first-order chi connectivity index (χ1) is 16.4. The number of imide groups is 1. The lowest BCUT2D eigenvalue weighted by Crippen LogP contribution is -2.51. The van der Waals surface area contributed by atoms with Gasteiger partial charge in [-0.25, -0.2) is 4.90 Å². The minimum atomic E-state index is -0.775. The predicted molar refractivity (Wildman–Crippen MR) is 135 cm³/mol. The van der Waals surface area contributed by atoms with Crippen molar-refractivity contribution in [2.24, 2.45) is 17.3 Å². The average Bonchev–Trinajstić information content (AvgIpc) is 3.25. The molecule has 0 N–H and O–H groups in total. The monoisotopic (exact) mass is 470 g/mol. The number of hydrogen-bond acceptors (Lipinski definition) is 5. The van der Waals surface area contributed by atoms with Crippen molar-refractivity contribution in [2.45, 2.75) is 53.6 Å². The lowest BCUT2D eigenvalue weighted by molar-refractivity contribution is -0.132. The van der Waals surface area contributed by atoms with Crippen molar-refractivity contribution in [1.82, 2.24) is 0 Å². The van der Waals surface area contributed by atoms with Gasteiger partial charge in [-0.05, 0) is 62.7 Å². The third-order valence-corrected chi connectivity index (χ3v) is 7.54. The number of Topliss-reactive ketones (excluding diaryl/α,β-unsaturated/α-hetero) is 2. The standard InChI is InChI=1S/C29H30N2O4/c1-15-7-12-21-20(13-15)16(2)14-22-23-24(25(31(21)22)26(33)29(4,5)6)28(35)30(27(23)34)19-10-8-18(9-11-19)17(3)32/h7-14,22-25H,1-6H3/t22-,23+,24+,25+/m1/s1. The molecule has 2 aromatic carbocycles. The molecule has 5 rings (SSSR count). The van der Waals surface area contributed by atoms with E-state index in [0.29, 0.717) is 11.3 Å². The maximum Gasteiger partial charge on any atom is 0.240 e. The van der Waals surface area contributed by atoms with Crippen LogP contribution in [0.3, 0.4) is 0 Å². The van der Waals surface area contributed by atoms with E-state index in [4.69, 9.17) is 0 Å². The molecular formula is C29H30N2O4. The average molecular weight is 471 g/mol. The summed E-state index contributed by atoms with van der Waals surface area (Å²) in [5.74, 6) is -2.22. The highest BCUT2D eigenvalue weighted by molar-refractivity contribution is 6.25. The maximum absolute atomic E-state index is 13.9. The van der Waals surface area contributed by atoms with Crippen LogP contribution in [0.5, 0.6) is 0 Å². The van der Waals surface area contributed by atoms with Crippen molar-refractivity contribution >= 4 is 40.3 Å². The summed E-state index contributed by atoms with van der Waals surface area (Å²) in [7, 11) is 0. The number of nitrogens with zero attached hydrogens (tertiary/aromatic N) is 2. The molecule has 4 atom stereocenters. The van der Waals surface area contributed by atoms with Crippen molar-refractivity contribution in [1.29, 1.82) is 0 Å². The number of anilines is 2. The van der Waals surface area contributed by atoms with Crippen LogP contribution in [0.25, 0.3) is 5.57 Å². The van der Waals surface area contributed by atoms with Gasteiger partial charge in [-0.15, -0.1) is 0 Å². The van der Waals surface area contributed by atoms with Crippen LogP contribution in [0.1, 0.15) is 56.1 Å². The molecule has 3 aliphatic heterocycles. The van der Waals surface area contributed by atoms with Gasteiger partial charge in [0.05, 0.1) is 23.6 Å². The molecule has 0 unspecified atom stereocenters. The second kappa shape index (κ2) is 7.74. The minimum Gasteiger partial charge on any atom is -0.353 e. The maximum atomic E-state index is 13.9. The zero-order valence-electron chi connectivity index (χ0n) is 21.0. The first-order valence-electron chi connectivity index (χ1n) is 12.0. The van der Waals surface area contributed by atoms with Gasteiger partial charge in [0.15, 0.2) is 11.6 Å². The Kier molecular flexibility index (Phi) is 5.13. The largest absolute Gasteiger partial charge is 0.353 e. The van der Waals surface area contributed by atoms with Crippen molar-refractivity contribution in [3.63, 3.8) is 0 Å². The van der Waals surface area contributed by atoms with Gasteiger partial charge in [0, 0.05) is 22.2 Å². The molecule has 3 heterocycles. The van der Waals surface area contributed by atoms with E-state index < -0.39 is 23.3 Å². The van der Waals surface area contributed by atoms with E-state index in [-0.39, 0.29) is 29.4 Å². The Morgan fingerprint density at radius 3 is 2.11 bits per heavy atom. The summed E-state index contributed by atoms with van der Waals surface area (Å²) in [5, 5.41) is 0. The fraction of sp³-hybridized carbons (Fsp3) is 0.379. The molecule has 2 saturated heterocycles. The zero-order valence-corrected chi connectivity index (χ0v) is 21.0. The van der Waals surface area contributed by atoms with Crippen LogP contribution in [-0.4, -0.2) is 35.5 Å². The number of rotatable bonds is 3. The highest BCUT2D eigenvalue weighted by atomic mass is 16.2. The van der Waals surface area contributed by atoms with Crippen LogP contribution in [-0.2, 0) is 14.4 Å². The second-order valence-corrected chi connectivity index (χ2v) is 11.0. The highest BCUT2D eigenvalue weighted by Gasteiger charge is 2.65. The molecule has 2 aromatic rings. The van der Waals surface area contributed by atoms with Crippen molar-refractivity contribution in [3.8, 4) is 0 Å². The van der Waals surface area contributed by atoms with Gasteiger partial charge in [-0.3, -0.25) is 19.2 Å². The summed E-state index contributed by atoms with van der Waals surface area (Å²) < 4.78 is 0. The van der Waals surface area contributed by atoms with Crippen molar-refractivity contribution < 1.29 is 19.2 Å². The highest BCUT2D eigenvalue weighted by Crippen LogP contribution is 2.51. The number of allylic oxidation sites excluding steroid dienone is 1. The smallest absolute Gasteiger partial charge is 0.240 e. The van der Waals surface area contributed by atoms with Gasteiger partial charge in [-0.2, -0.15) is 0 Å². The van der Waals surface area contributed by atoms with E-state index in [0.717, 1.165) is 22.4 Å². The molecule has 6 heteroatoms. The molecule has 2 fully saturated rings. The van der Waals surface area contributed by atoms with Crippen molar-refractivity contribution in [2.75, 3.05) is 9.80 Å². The van der Waals surface area contributed by atoms with Crippen molar-refractivity contribution in [3.05, 3.63) is 65.2 Å². The first-order valence-corrected chi connectivity index (χ1v) is 12.0. The molecule has 35 heavy (non-hydrogen) atoms. The topological polar surface area (TPSA) is 74.8 Å². The van der Waals surface area contributed by atoms with Gasteiger partial charge in [0.2, 0.25) is 11.8 Å². The van der Waals surface area contributed by atoms with Crippen LogP contribution >= 0.6 is 0 Å². The molecule has 0 spiro atoms. The Morgan fingerprint density at radius 1 is 0.886 bits per heavy atom. The Bertz CT molecular complexity index is 1320. The molecule has 0 aromatic heterocycles. The van der Waals surface area contributed by atoms with Gasteiger partial charge < -0.3 is 4.90 Å². The molecule has 0 aliphatic carbocycles. The Labute approximate surface area is 205 Å². The normalized spacial score (nSPS) is 25.3.